The highest BCUT2D eigenvalue weighted by Crippen LogP contribution is 2.22. The Bertz CT molecular complexity index is 183. The second-order valence-corrected chi connectivity index (χ2v) is 4.52. The van der Waals surface area contributed by atoms with E-state index in [-0.39, 0.29) is 6.04 Å². The molecule has 0 aliphatic heterocycles. The molecule has 0 aliphatic carbocycles. The van der Waals surface area contributed by atoms with Crippen LogP contribution < -0.4 is 5.32 Å². The lowest BCUT2D eigenvalue weighted by Gasteiger charge is -2.26. The van der Waals surface area contributed by atoms with E-state index in [1.165, 1.54) is 0 Å². The van der Waals surface area contributed by atoms with Crippen LogP contribution in [-0.2, 0) is 4.74 Å². The molecule has 0 heterocycles. The zero-order valence-corrected chi connectivity index (χ0v) is 10.4. The number of hydrogen-bond acceptors (Lipinski definition) is 2. The third-order valence-electron chi connectivity index (χ3n) is 2.47. The Morgan fingerprint density at radius 2 is 1.75 bits per heavy atom. The van der Waals surface area contributed by atoms with E-state index in [1.807, 2.05) is 13.8 Å². The molecule has 0 saturated heterocycles. The van der Waals surface area contributed by atoms with Gasteiger partial charge in [-0.05, 0) is 19.3 Å². The third kappa shape index (κ3) is 7.93. The molecule has 0 spiro atoms. The Balaban J connectivity index is 4.07. The van der Waals surface area contributed by atoms with Crippen molar-refractivity contribution in [2.45, 2.75) is 51.9 Å². The summed E-state index contributed by atoms with van der Waals surface area (Å²) in [6.07, 6.45) is -4.16. The van der Waals surface area contributed by atoms with Crippen LogP contribution in [0.5, 0.6) is 0 Å². The second kappa shape index (κ2) is 7.12. The molecular weight excluding hydrogens is 219 g/mol. The van der Waals surface area contributed by atoms with Crippen LogP contribution in [0.15, 0.2) is 0 Å². The molecule has 2 atom stereocenters. The van der Waals surface area contributed by atoms with Gasteiger partial charge in [0.1, 0.15) is 0 Å². The lowest BCUT2D eigenvalue weighted by molar-refractivity contribution is -0.139. The second-order valence-electron chi connectivity index (χ2n) is 4.52. The molecule has 0 bridgehead atoms. The van der Waals surface area contributed by atoms with Crippen molar-refractivity contribution in [1.29, 1.82) is 0 Å². The van der Waals surface area contributed by atoms with Crippen molar-refractivity contribution >= 4 is 0 Å². The zero-order valence-electron chi connectivity index (χ0n) is 10.4. The van der Waals surface area contributed by atoms with Gasteiger partial charge in [-0.15, -0.1) is 0 Å². The average molecular weight is 241 g/mol. The first-order valence-corrected chi connectivity index (χ1v) is 5.58. The quantitative estimate of drug-likeness (QED) is 0.740. The molecule has 98 valence electrons. The summed E-state index contributed by atoms with van der Waals surface area (Å²) in [4.78, 5) is 0. The summed E-state index contributed by atoms with van der Waals surface area (Å²) in [6, 6.07) is -0.485. The lowest BCUT2D eigenvalue weighted by atomic mass is 10.00. The van der Waals surface area contributed by atoms with Crippen molar-refractivity contribution < 1.29 is 17.9 Å². The summed E-state index contributed by atoms with van der Waals surface area (Å²) in [5.41, 5.74) is 0. The van der Waals surface area contributed by atoms with Crippen LogP contribution in [0.1, 0.15) is 33.6 Å². The van der Waals surface area contributed by atoms with Crippen LogP contribution >= 0.6 is 0 Å². The normalized spacial score (nSPS) is 16.5. The minimum absolute atomic E-state index is 0.0669. The molecule has 0 aromatic heterocycles. The van der Waals surface area contributed by atoms with Gasteiger partial charge in [0.15, 0.2) is 0 Å². The fraction of sp³-hybridized carbons (Fsp3) is 1.00. The summed E-state index contributed by atoms with van der Waals surface area (Å²) in [7, 11) is 1.59. The van der Waals surface area contributed by atoms with Gasteiger partial charge in [-0.3, -0.25) is 0 Å². The van der Waals surface area contributed by atoms with Crippen LogP contribution in [0.3, 0.4) is 0 Å². The smallest absolute Gasteiger partial charge is 0.385 e. The molecule has 0 amide bonds. The molecule has 2 nitrogen and oxygen atoms in total. The predicted octanol–water partition coefficient (Wildman–Crippen LogP) is 2.98. The van der Waals surface area contributed by atoms with E-state index in [9.17, 15) is 13.2 Å². The molecule has 1 N–H and O–H groups in total. The van der Waals surface area contributed by atoms with E-state index in [4.69, 9.17) is 4.74 Å². The van der Waals surface area contributed by atoms with Gasteiger partial charge >= 0.3 is 6.18 Å². The molecule has 16 heavy (non-hydrogen) atoms. The molecular formula is C11H22F3NO. The fourth-order valence-corrected chi connectivity index (χ4v) is 1.63. The SMILES string of the molecule is COCCC(NC(C)CC(F)(F)F)C(C)C. The van der Waals surface area contributed by atoms with Crippen molar-refractivity contribution in [3.63, 3.8) is 0 Å². The molecule has 0 aliphatic rings. The van der Waals surface area contributed by atoms with Gasteiger partial charge in [0.25, 0.3) is 0 Å². The average Bonchev–Trinajstić information content (AvgIpc) is 2.08. The first-order valence-electron chi connectivity index (χ1n) is 5.58. The van der Waals surface area contributed by atoms with Crippen LogP contribution in [0.25, 0.3) is 0 Å². The number of hydrogen-bond donors (Lipinski definition) is 1. The first kappa shape index (κ1) is 15.7. The van der Waals surface area contributed by atoms with E-state index in [2.05, 4.69) is 5.32 Å². The maximum absolute atomic E-state index is 12.1. The van der Waals surface area contributed by atoms with Gasteiger partial charge in [0, 0.05) is 25.8 Å². The first-order chi connectivity index (χ1) is 7.26. The summed E-state index contributed by atoms with van der Waals surface area (Å²) in [5, 5.41) is 3.01. The highest BCUT2D eigenvalue weighted by molar-refractivity contribution is 4.76. The topological polar surface area (TPSA) is 21.3 Å². The van der Waals surface area contributed by atoms with Gasteiger partial charge in [0.05, 0.1) is 6.42 Å². The summed E-state index contributed by atoms with van der Waals surface area (Å²) >= 11 is 0. The standard InChI is InChI=1S/C11H22F3NO/c1-8(2)10(5-6-16-4)15-9(3)7-11(12,13)14/h8-10,15H,5-7H2,1-4H3. The fourth-order valence-electron chi connectivity index (χ4n) is 1.63. The maximum Gasteiger partial charge on any atom is 0.390 e. The molecule has 0 fully saturated rings. The number of alkyl halides is 3. The number of nitrogens with one attached hydrogen (secondary N) is 1. The van der Waals surface area contributed by atoms with E-state index in [0.29, 0.717) is 12.5 Å². The van der Waals surface area contributed by atoms with Crippen LogP contribution in [0.2, 0.25) is 0 Å². The third-order valence-corrected chi connectivity index (χ3v) is 2.47. The summed E-state index contributed by atoms with van der Waals surface area (Å²) in [5.74, 6) is 0.297. The molecule has 0 saturated carbocycles. The lowest BCUT2D eigenvalue weighted by Crippen LogP contribution is -2.42. The summed E-state index contributed by atoms with van der Waals surface area (Å²) < 4.78 is 41.4. The Hall–Kier alpha value is -0.290. The minimum atomic E-state index is -4.10. The molecule has 0 aromatic rings. The predicted molar refractivity (Wildman–Crippen MR) is 58.4 cm³/mol. The highest BCUT2D eigenvalue weighted by Gasteiger charge is 2.31. The van der Waals surface area contributed by atoms with Crippen LogP contribution in [0, 0.1) is 5.92 Å². The van der Waals surface area contributed by atoms with Gasteiger partial charge in [-0.2, -0.15) is 13.2 Å². The zero-order chi connectivity index (χ0) is 12.8. The van der Waals surface area contributed by atoms with Crippen molar-refractivity contribution in [2.24, 2.45) is 5.92 Å². The van der Waals surface area contributed by atoms with Gasteiger partial charge in [-0.1, -0.05) is 13.8 Å². The van der Waals surface area contributed by atoms with Crippen molar-refractivity contribution in [2.75, 3.05) is 13.7 Å². The van der Waals surface area contributed by atoms with Crippen molar-refractivity contribution in [3.05, 3.63) is 0 Å². The monoisotopic (exact) mass is 241 g/mol. The van der Waals surface area contributed by atoms with E-state index < -0.39 is 18.6 Å². The van der Waals surface area contributed by atoms with Gasteiger partial charge in [-0.25, -0.2) is 0 Å². The van der Waals surface area contributed by atoms with Crippen LogP contribution in [-0.4, -0.2) is 32.0 Å². The van der Waals surface area contributed by atoms with Crippen molar-refractivity contribution in [3.8, 4) is 0 Å². The van der Waals surface area contributed by atoms with Crippen LogP contribution in [0.4, 0.5) is 13.2 Å². The highest BCUT2D eigenvalue weighted by atomic mass is 19.4. The number of rotatable bonds is 7. The Kier molecular flexibility index (Phi) is 6.99. The van der Waals surface area contributed by atoms with E-state index in [0.717, 1.165) is 6.42 Å². The molecule has 0 radical (unpaired) electrons. The Labute approximate surface area is 95.5 Å². The number of ether oxygens (including phenoxy) is 1. The summed E-state index contributed by atoms with van der Waals surface area (Å²) in [6.45, 7) is 6.12. The maximum atomic E-state index is 12.1. The number of methoxy groups -OCH3 is 1. The Morgan fingerprint density at radius 1 is 1.19 bits per heavy atom. The largest absolute Gasteiger partial charge is 0.390 e. The van der Waals surface area contributed by atoms with E-state index in [1.54, 1.807) is 14.0 Å². The minimum Gasteiger partial charge on any atom is -0.385 e. The molecule has 5 heteroatoms. The Morgan fingerprint density at radius 3 is 2.12 bits per heavy atom. The van der Waals surface area contributed by atoms with E-state index >= 15 is 0 Å². The molecule has 0 rings (SSSR count). The number of halogens is 3. The van der Waals surface area contributed by atoms with Gasteiger partial charge < -0.3 is 10.1 Å². The molecule has 0 aromatic carbocycles. The molecule has 2 unspecified atom stereocenters. The van der Waals surface area contributed by atoms with Gasteiger partial charge in [0.2, 0.25) is 0 Å². The van der Waals surface area contributed by atoms with Crippen molar-refractivity contribution in [1.82, 2.24) is 5.32 Å².